The highest BCUT2D eigenvalue weighted by Crippen LogP contribution is 2.37. The molecule has 0 aliphatic carbocycles. The summed E-state index contributed by atoms with van der Waals surface area (Å²) in [5.74, 6) is 0.710. The molecule has 0 spiro atoms. The fraction of sp³-hybridized carbons (Fsp3) is 0.241. The first kappa shape index (κ1) is 26.3. The SMILES string of the molecule is Cc1cc(F)c(NC(=O)c2cc(C(C)(C)O)ccn2)cc1C1=Cc2cnc(Nc3cnn(C)c3)nc2N2CCN=C12. The van der Waals surface area contributed by atoms with Crippen LogP contribution >= 0.6 is 0 Å². The normalized spacial score (nSPS) is 14.2. The molecule has 3 aromatic heterocycles. The molecule has 0 atom stereocenters. The highest BCUT2D eigenvalue weighted by molar-refractivity contribution is 6.36. The maximum Gasteiger partial charge on any atom is 0.274 e. The van der Waals surface area contributed by atoms with Crippen molar-refractivity contribution in [2.24, 2.45) is 12.0 Å². The van der Waals surface area contributed by atoms with Gasteiger partial charge in [-0.3, -0.25) is 19.5 Å². The third-order valence-electron chi connectivity index (χ3n) is 6.95. The van der Waals surface area contributed by atoms with Crippen LogP contribution in [-0.2, 0) is 12.6 Å². The van der Waals surface area contributed by atoms with E-state index in [0.717, 1.165) is 28.5 Å². The second-order valence-corrected chi connectivity index (χ2v) is 10.5. The van der Waals surface area contributed by atoms with Crippen LogP contribution < -0.4 is 15.5 Å². The van der Waals surface area contributed by atoms with Crippen LogP contribution in [-0.4, -0.2) is 54.7 Å². The summed E-state index contributed by atoms with van der Waals surface area (Å²) in [6, 6.07) is 6.12. The Hall–Kier alpha value is -4.97. The minimum Gasteiger partial charge on any atom is -0.386 e. The van der Waals surface area contributed by atoms with Crippen LogP contribution in [0.15, 0.2) is 54.0 Å². The van der Waals surface area contributed by atoms with Gasteiger partial charge in [-0.15, -0.1) is 0 Å². The van der Waals surface area contributed by atoms with Gasteiger partial charge >= 0.3 is 0 Å². The molecule has 41 heavy (non-hydrogen) atoms. The molecule has 0 unspecified atom stereocenters. The summed E-state index contributed by atoms with van der Waals surface area (Å²) in [6.07, 6.45) is 8.63. The van der Waals surface area contributed by atoms with Gasteiger partial charge in [0, 0.05) is 43.3 Å². The van der Waals surface area contributed by atoms with Crippen LogP contribution in [0.25, 0.3) is 11.6 Å². The molecule has 2 aliphatic heterocycles. The van der Waals surface area contributed by atoms with Crippen LogP contribution in [0, 0.1) is 12.7 Å². The molecule has 1 aromatic carbocycles. The van der Waals surface area contributed by atoms with Gasteiger partial charge in [0.15, 0.2) is 0 Å². The minimum absolute atomic E-state index is 0.00942. The molecule has 11 nitrogen and oxygen atoms in total. The van der Waals surface area contributed by atoms with Crippen molar-refractivity contribution in [3.63, 3.8) is 0 Å². The molecule has 3 N–H and O–H groups in total. The Labute approximate surface area is 235 Å². The van der Waals surface area contributed by atoms with Crippen molar-refractivity contribution in [2.45, 2.75) is 26.4 Å². The molecule has 0 saturated carbocycles. The number of pyridine rings is 1. The molecule has 6 rings (SSSR count). The van der Waals surface area contributed by atoms with Crippen LogP contribution in [0.5, 0.6) is 0 Å². The lowest BCUT2D eigenvalue weighted by atomic mass is 9.94. The molecule has 0 bridgehead atoms. The molecular weight excluding hydrogens is 525 g/mol. The zero-order valence-electron chi connectivity index (χ0n) is 23.0. The molecular formula is C29H28FN9O2. The summed E-state index contributed by atoms with van der Waals surface area (Å²) in [4.78, 5) is 33.1. The summed E-state index contributed by atoms with van der Waals surface area (Å²) < 4.78 is 16.8. The van der Waals surface area contributed by atoms with Gasteiger partial charge in [-0.05, 0) is 67.8 Å². The fourth-order valence-corrected chi connectivity index (χ4v) is 4.86. The van der Waals surface area contributed by atoms with Gasteiger partial charge < -0.3 is 20.6 Å². The zero-order valence-corrected chi connectivity index (χ0v) is 23.0. The number of aliphatic hydroxyl groups is 1. The van der Waals surface area contributed by atoms with Crippen molar-refractivity contribution >= 4 is 46.5 Å². The number of halogens is 1. The Morgan fingerprint density at radius 2 is 2.00 bits per heavy atom. The van der Waals surface area contributed by atoms with Crippen LogP contribution in [0.4, 0.5) is 27.5 Å². The van der Waals surface area contributed by atoms with E-state index in [1.165, 1.54) is 18.3 Å². The number of carbonyl (C=O) groups excluding carboxylic acids is 1. The molecule has 0 fully saturated rings. The average Bonchev–Trinajstić information content (AvgIpc) is 3.59. The van der Waals surface area contributed by atoms with E-state index in [-0.39, 0.29) is 11.4 Å². The van der Waals surface area contributed by atoms with Crippen molar-refractivity contribution in [3.8, 4) is 0 Å². The van der Waals surface area contributed by atoms with E-state index in [2.05, 4.69) is 25.7 Å². The van der Waals surface area contributed by atoms with E-state index in [1.807, 2.05) is 31.1 Å². The Bertz CT molecular complexity index is 1750. The maximum atomic E-state index is 15.1. The Morgan fingerprint density at radius 3 is 2.76 bits per heavy atom. The number of hydrogen-bond donors (Lipinski definition) is 3. The molecule has 0 saturated heterocycles. The third kappa shape index (κ3) is 5.05. The summed E-state index contributed by atoms with van der Waals surface area (Å²) in [7, 11) is 1.83. The number of amides is 1. The average molecular weight is 554 g/mol. The first-order chi connectivity index (χ1) is 19.6. The van der Waals surface area contributed by atoms with E-state index in [9.17, 15) is 9.90 Å². The number of nitrogens with one attached hydrogen (secondary N) is 2. The summed E-state index contributed by atoms with van der Waals surface area (Å²) in [6.45, 7) is 6.25. The summed E-state index contributed by atoms with van der Waals surface area (Å²) in [5, 5.41) is 20.3. The minimum atomic E-state index is -1.16. The highest BCUT2D eigenvalue weighted by Gasteiger charge is 2.31. The summed E-state index contributed by atoms with van der Waals surface area (Å²) >= 11 is 0. The van der Waals surface area contributed by atoms with E-state index in [4.69, 9.17) is 9.98 Å². The quantitative estimate of drug-likeness (QED) is 0.326. The topological polar surface area (TPSA) is 133 Å². The number of hydrogen-bond acceptors (Lipinski definition) is 9. The van der Waals surface area contributed by atoms with Crippen LogP contribution in [0.1, 0.15) is 46.6 Å². The lowest BCUT2D eigenvalue weighted by Crippen LogP contribution is -2.32. The Morgan fingerprint density at radius 1 is 1.17 bits per heavy atom. The van der Waals surface area contributed by atoms with Gasteiger partial charge in [0.25, 0.3) is 5.91 Å². The van der Waals surface area contributed by atoms with Gasteiger partial charge in [-0.25, -0.2) is 9.37 Å². The standard InChI is InChI=1S/C29H28FN9O2/c1-16-9-22(30)23(36-27(40)24-11-18(5-6-31-24)29(2,3)41)12-20(16)21-10-17-13-33-28(35-19-14-34-38(4)15-19)37-25(17)39-8-7-32-26(21)39/h5-6,9-15,41H,7-8H2,1-4H3,(H,36,40)(H,33,35,37). The number of carbonyl (C=O) groups is 1. The van der Waals surface area contributed by atoms with Crippen molar-refractivity contribution in [1.82, 2.24) is 24.7 Å². The number of benzene rings is 1. The number of nitrogens with zero attached hydrogens (tertiary/aromatic N) is 7. The molecule has 5 heterocycles. The van der Waals surface area contributed by atoms with E-state index < -0.39 is 17.3 Å². The third-order valence-corrected chi connectivity index (χ3v) is 6.95. The van der Waals surface area contributed by atoms with Crippen molar-refractivity contribution in [1.29, 1.82) is 0 Å². The van der Waals surface area contributed by atoms with Crippen molar-refractivity contribution in [3.05, 3.63) is 82.8 Å². The molecule has 2 aliphatic rings. The first-order valence-electron chi connectivity index (χ1n) is 13.0. The van der Waals surface area contributed by atoms with E-state index in [0.29, 0.717) is 35.7 Å². The Kier molecular flexibility index (Phi) is 6.34. The number of amidine groups is 1. The van der Waals surface area contributed by atoms with E-state index >= 15 is 4.39 Å². The van der Waals surface area contributed by atoms with Crippen molar-refractivity contribution in [2.75, 3.05) is 28.6 Å². The molecule has 1 amide bonds. The predicted octanol–water partition coefficient (Wildman–Crippen LogP) is 4.05. The van der Waals surface area contributed by atoms with Gasteiger partial charge in [-0.2, -0.15) is 10.1 Å². The molecule has 12 heteroatoms. The zero-order chi connectivity index (χ0) is 28.9. The maximum absolute atomic E-state index is 15.1. The monoisotopic (exact) mass is 553 g/mol. The fourth-order valence-electron chi connectivity index (χ4n) is 4.86. The first-order valence-corrected chi connectivity index (χ1v) is 13.0. The summed E-state index contributed by atoms with van der Waals surface area (Å²) in [5.41, 5.74) is 3.18. The Balaban J connectivity index is 1.34. The number of aromatic nitrogens is 5. The van der Waals surface area contributed by atoms with E-state index in [1.54, 1.807) is 43.1 Å². The lowest BCUT2D eigenvalue weighted by molar-refractivity contribution is 0.0783. The number of fused-ring (bicyclic) bond motifs is 3. The van der Waals surface area contributed by atoms with Gasteiger partial charge in [-0.1, -0.05) is 0 Å². The van der Waals surface area contributed by atoms with Crippen molar-refractivity contribution < 1.29 is 14.3 Å². The predicted molar refractivity (Wildman–Crippen MR) is 155 cm³/mol. The second-order valence-electron chi connectivity index (χ2n) is 10.5. The largest absolute Gasteiger partial charge is 0.386 e. The number of aryl methyl sites for hydroxylation is 2. The van der Waals surface area contributed by atoms with Gasteiger partial charge in [0.2, 0.25) is 5.95 Å². The van der Waals surface area contributed by atoms with Gasteiger partial charge in [0.05, 0.1) is 29.7 Å². The second kappa shape index (κ2) is 9.89. The smallest absolute Gasteiger partial charge is 0.274 e. The number of anilines is 4. The number of rotatable bonds is 6. The molecule has 0 radical (unpaired) electrons. The number of aliphatic imine (C=N–C) groups is 1. The molecule has 208 valence electrons. The highest BCUT2D eigenvalue weighted by atomic mass is 19.1. The van der Waals surface area contributed by atoms with Crippen LogP contribution in [0.2, 0.25) is 0 Å². The van der Waals surface area contributed by atoms with Gasteiger partial charge in [0.1, 0.15) is 23.2 Å². The lowest BCUT2D eigenvalue weighted by Gasteiger charge is -2.28. The van der Waals surface area contributed by atoms with Crippen LogP contribution in [0.3, 0.4) is 0 Å². The molecule has 4 aromatic rings.